The van der Waals surface area contributed by atoms with Gasteiger partial charge in [-0.1, -0.05) is 150 Å². The monoisotopic (exact) mass is 1520 g/mol. The average Bonchev–Trinajstić information content (AvgIpc) is 1.17. The quantitative estimate of drug-likeness (QED) is 0.0270. The number of nitrogens with one attached hydrogen (secondary N) is 7. The van der Waals surface area contributed by atoms with Crippen molar-refractivity contribution in [2.75, 3.05) is 138 Å². The van der Waals surface area contributed by atoms with Gasteiger partial charge in [-0.25, -0.2) is 4.98 Å². The molecule has 23 heteroatoms. The lowest BCUT2D eigenvalue weighted by Crippen LogP contribution is -2.52. The number of nitrogens with zero attached hydrogens (tertiary/aromatic N) is 6. The molecule has 1 saturated carbocycles. The minimum absolute atomic E-state index is 0.0420. The third-order valence-electron chi connectivity index (χ3n) is 19.4. The fraction of sp³-hybridized carbons (Fsp3) is 0.880. The van der Waals surface area contributed by atoms with Gasteiger partial charge in [-0.05, 0) is 161 Å². The number of thiazole rings is 1. The number of carbonyl (C=O) groups is 7. The number of likely N-dealkylation sites (tertiary alicyclic amines) is 5. The summed E-state index contributed by atoms with van der Waals surface area (Å²) in [5.74, 6) is 2.83. The number of aromatic nitrogens is 1. The highest BCUT2D eigenvalue weighted by Crippen LogP contribution is 2.28. The van der Waals surface area contributed by atoms with E-state index >= 15 is 0 Å². The Bertz CT molecular complexity index is 2440. The first-order valence-corrected chi connectivity index (χ1v) is 42.5. The van der Waals surface area contributed by atoms with E-state index in [2.05, 4.69) is 122 Å². The molecule has 618 valence electrons. The summed E-state index contributed by atoms with van der Waals surface area (Å²) in [5, 5.41) is 24.2. The molecule has 1 aromatic rings. The summed E-state index contributed by atoms with van der Waals surface area (Å²) in [6.07, 6.45) is 21.6. The highest BCUT2D eigenvalue weighted by atomic mass is 32.1. The molecule has 1 aliphatic carbocycles. The molecule has 6 fully saturated rings. The molecule has 1 aromatic heterocycles. The molecule has 5 aliphatic heterocycles. The van der Waals surface area contributed by atoms with Gasteiger partial charge in [-0.15, -0.1) is 11.3 Å². The fourth-order valence-electron chi connectivity index (χ4n) is 13.4. The Balaban J connectivity index is 0.000000619. The van der Waals surface area contributed by atoms with Crippen LogP contribution in [0.5, 0.6) is 0 Å². The maximum atomic E-state index is 11.6. The van der Waals surface area contributed by atoms with Gasteiger partial charge in [0.2, 0.25) is 35.4 Å². The first-order valence-electron chi connectivity index (χ1n) is 41.6. The van der Waals surface area contributed by atoms with E-state index in [1.54, 1.807) is 17.5 Å². The molecule has 7 rings (SSSR count). The Morgan fingerprint density at radius 1 is 0.509 bits per heavy atom. The van der Waals surface area contributed by atoms with Crippen LogP contribution >= 0.6 is 11.3 Å². The molecule has 7 N–H and O–H groups in total. The van der Waals surface area contributed by atoms with Crippen LogP contribution in [0.2, 0.25) is 0 Å². The molecule has 0 aromatic carbocycles. The number of piperidine rings is 3. The average molecular weight is 1520 g/mol. The van der Waals surface area contributed by atoms with Gasteiger partial charge >= 0.3 is 5.97 Å². The van der Waals surface area contributed by atoms with Gasteiger partial charge in [0.15, 0.2) is 0 Å². The molecular weight excluding hydrogens is 1360 g/mol. The highest BCUT2D eigenvalue weighted by molar-refractivity contribution is 7.09. The first kappa shape index (κ1) is 99.6. The Morgan fingerprint density at radius 2 is 0.934 bits per heavy atom. The van der Waals surface area contributed by atoms with Crippen molar-refractivity contribution in [1.29, 1.82) is 0 Å². The van der Waals surface area contributed by atoms with Crippen molar-refractivity contribution in [1.82, 2.24) is 66.7 Å². The normalized spacial score (nSPS) is 19.4. The van der Waals surface area contributed by atoms with Gasteiger partial charge in [-0.3, -0.25) is 33.6 Å². The minimum Gasteiger partial charge on any atom is -0.463 e. The maximum absolute atomic E-state index is 11.6. The molecule has 0 spiro atoms. The van der Waals surface area contributed by atoms with Crippen LogP contribution in [0.25, 0.3) is 0 Å². The van der Waals surface area contributed by atoms with Gasteiger partial charge in [0.25, 0.3) is 0 Å². The van der Waals surface area contributed by atoms with E-state index in [-0.39, 0.29) is 100 Å². The number of ether oxygens (including phenoxy) is 2. The number of amides is 6. The van der Waals surface area contributed by atoms with E-state index in [9.17, 15) is 33.6 Å². The summed E-state index contributed by atoms with van der Waals surface area (Å²) >= 11 is 1.63. The lowest BCUT2D eigenvalue weighted by molar-refractivity contribution is -0.149. The number of hydrogen-bond donors (Lipinski definition) is 7. The number of carbonyl (C=O) groups excluding carboxylic acids is 7. The predicted molar refractivity (Wildman–Crippen MR) is 438 cm³/mol. The zero-order valence-corrected chi connectivity index (χ0v) is 72.3. The summed E-state index contributed by atoms with van der Waals surface area (Å²) in [7, 11) is 0. The molecule has 0 bridgehead atoms. The summed E-state index contributed by atoms with van der Waals surface area (Å²) in [6, 6.07) is 0.556. The summed E-state index contributed by atoms with van der Waals surface area (Å²) in [6.45, 7) is 65.9. The van der Waals surface area contributed by atoms with Crippen LogP contribution in [0.4, 0.5) is 0 Å². The molecule has 5 saturated heterocycles. The minimum atomic E-state index is -0.137. The van der Waals surface area contributed by atoms with E-state index < -0.39 is 0 Å². The molecule has 6 heterocycles. The topological polar surface area (TPSA) is 251 Å². The molecular formula is C83H161N13O9S. The second-order valence-electron chi connectivity index (χ2n) is 34.7. The third kappa shape index (κ3) is 51.2. The van der Waals surface area contributed by atoms with Crippen LogP contribution in [0.3, 0.4) is 0 Å². The van der Waals surface area contributed by atoms with Gasteiger partial charge in [0, 0.05) is 150 Å². The Morgan fingerprint density at radius 3 is 1.37 bits per heavy atom. The Kier molecular flexibility index (Phi) is 53.4. The van der Waals surface area contributed by atoms with E-state index in [0.29, 0.717) is 31.3 Å². The predicted octanol–water partition coefficient (Wildman–Crippen LogP) is 11.7. The Hall–Kier alpha value is -4.36. The molecule has 106 heavy (non-hydrogen) atoms. The van der Waals surface area contributed by atoms with Crippen LogP contribution in [-0.2, 0) is 49.6 Å². The second-order valence-corrected chi connectivity index (χ2v) is 35.6. The van der Waals surface area contributed by atoms with E-state index in [4.69, 9.17) is 9.47 Å². The largest absolute Gasteiger partial charge is 0.463 e. The number of hydrogen-bond acceptors (Lipinski definition) is 17. The maximum Gasteiger partial charge on any atom is 0.308 e. The summed E-state index contributed by atoms with van der Waals surface area (Å²) in [4.78, 5) is 95.9. The molecule has 22 nitrogen and oxygen atoms in total. The lowest BCUT2D eigenvalue weighted by Gasteiger charge is -2.38. The standard InChI is InChI=1S/2C13H26N2O.2C12H24N2O.C12H22O3.C11H22N2O.C10H17N3OS/c1-10(2)13(16)14-5-6-15-8-11(3)7-12(4)9-15;1-11(2)12(16)14-7-9-15-8-5-6-13(3,4)10-15;1-10(2)11(15)13-12(3,4)9-14-7-5-6-8-14;1-10(2)12(15)13-11(3)9-14-7-5-4-6-8-14;1-10(2)12(13)15-9-8-14-11-6-4-3-5-7-11;1-9(2)11(14)12-10(3)8-13-6-4-5-7-13;1-8(2)10(14)13-4-3-11-7-9-12-5-6-15-9/h10-12H,5-9H2,1-4H3,(H,14,16);11H,5-10H2,1-4H3,(H,14,16);10H,5-9H2,1-4H3,(H,13,15);10-11H,4-9H2,1-3H3,(H,13,15);10-11H,3-9H2,1-2H3;9-10H,4-8H2,1-3H3,(H,12,14);5-6,8,11H,3-4,7H2,1-2H3,(H,13,14). The van der Waals surface area contributed by atoms with E-state index in [1.165, 1.54) is 142 Å². The van der Waals surface area contributed by atoms with Gasteiger partial charge in [0.05, 0.1) is 18.6 Å². The van der Waals surface area contributed by atoms with Crippen LogP contribution in [-0.4, -0.2) is 232 Å². The van der Waals surface area contributed by atoms with Crippen LogP contribution in [0.1, 0.15) is 254 Å². The van der Waals surface area contributed by atoms with Crippen molar-refractivity contribution >= 4 is 52.7 Å². The smallest absolute Gasteiger partial charge is 0.308 e. The van der Waals surface area contributed by atoms with Crippen LogP contribution in [0.15, 0.2) is 11.6 Å². The van der Waals surface area contributed by atoms with Crippen molar-refractivity contribution in [3.8, 4) is 0 Å². The van der Waals surface area contributed by atoms with Gasteiger partial charge < -0.3 is 71.2 Å². The van der Waals surface area contributed by atoms with Crippen molar-refractivity contribution in [3.63, 3.8) is 0 Å². The third-order valence-corrected chi connectivity index (χ3v) is 20.1. The number of rotatable bonds is 31. The summed E-state index contributed by atoms with van der Waals surface area (Å²) < 4.78 is 10.7. The van der Waals surface area contributed by atoms with E-state index in [0.717, 1.165) is 95.1 Å². The molecule has 4 atom stereocenters. The molecule has 6 aliphatic rings. The highest BCUT2D eigenvalue weighted by Gasteiger charge is 2.29. The van der Waals surface area contributed by atoms with Gasteiger partial charge in [0.1, 0.15) is 11.6 Å². The van der Waals surface area contributed by atoms with Crippen molar-refractivity contribution in [2.45, 2.75) is 279 Å². The Labute approximate surface area is 650 Å². The molecule has 0 radical (unpaired) electrons. The summed E-state index contributed by atoms with van der Waals surface area (Å²) in [5.41, 5.74) is 0.339. The first-order chi connectivity index (χ1) is 49.9. The van der Waals surface area contributed by atoms with Crippen molar-refractivity contribution in [2.24, 2.45) is 58.7 Å². The van der Waals surface area contributed by atoms with E-state index in [1.807, 2.05) is 102 Å². The molecule has 4 unspecified atom stereocenters. The number of esters is 1. The van der Waals surface area contributed by atoms with Crippen LogP contribution < -0.4 is 37.2 Å². The molecule has 6 amide bonds. The zero-order chi connectivity index (χ0) is 79.8. The second kappa shape index (κ2) is 56.8. The van der Waals surface area contributed by atoms with Crippen molar-refractivity contribution < 1.29 is 43.0 Å². The lowest BCUT2D eigenvalue weighted by atomic mass is 9.84. The van der Waals surface area contributed by atoms with Crippen molar-refractivity contribution in [3.05, 3.63) is 16.6 Å². The van der Waals surface area contributed by atoms with Crippen LogP contribution in [0, 0.1) is 58.7 Å². The van der Waals surface area contributed by atoms with Gasteiger partial charge in [-0.2, -0.15) is 0 Å². The zero-order valence-electron chi connectivity index (χ0n) is 71.5. The SMILES string of the molecule is CC(C)C(=O)NC(C)(C)CN1CCCC1.CC(C)C(=O)NCCN1CCCC(C)(C)C1.CC(C)C(=O)NCCNCc1nccs1.CC(C)C(=O)OCCOC1CCCCC1.CC(CN1CCCC1)NC(=O)C(C)C.CC(CN1CCCCC1)NC(=O)C(C)C.CC1CC(C)CN(CCNC(=O)C(C)C)C1. The fourth-order valence-corrected chi connectivity index (χ4v) is 14.0.